The smallest absolute Gasteiger partial charge is 0.253 e. The lowest BCUT2D eigenvalue weighted by molar-refractivity contribution is 0.0908. The zero-order valence-corrected chi connectivity index (χ0v) is 18.5. The van der Waals surface area contributed by atoms with Crippen molar-refractivity contribution in [3.05, 3.63) is 96.5 Å². The number of hydrogen-bond acceptors (Lipinski definition) is 6. The first-order valence-electron chi connectivity index (χ1n) is 11.3. The summed E-state index contributed by atoms with van der Waals surface area (Å²) in [4.78, 5) is 25.9. The molecule has 0 atom stereocenters. The summed E-state index contributed by atoms with van der Waals surface area (Å²) in [6.45, 7) is 0. The van der Waals surface area contributed by atoms with E-state index in [1.54, 1.807) is 53.5 Å². The van der Waals surface area contributed by atoms with Gasteiger partial charge in [0.15, 0.2) is 5.82 Å². The van der Waals surface area contributed by atoms with E-state index in [-0.39, 0.29) is 23.7 Å². The predicted molar refractivity (Wildman–Crippen MR) is 127 cm³/mol. The Hall–Kier alpha value is -4.53. The molecule has 8 nitrogen and oxygen atoms in total. The van der Waals surface area contributed by atoms with Crippen LogP contribution in [0.3, 0.4) is 0 Å². The SMILES string of the molecule is O=C(NC1CC(c2nnc(-c3ccccn3)n2-c2ccccc2F)C1)c1ccnc2cccnc12. The average Bonchev–Trinajstić information content (AvgIpc) is 3.30. The van der Waals surface area contributed by atoms with Gasteiger partial charge in [0.25, 0.3) is 5.91 Å². The molecule has 0 aliphatic heterocycles. The Kier molecular flexibility index (Phi) is 5.21. The highest BCUT2D eigenvalue weighted by molar-refractivity contribution is 6.04. The Morgan fingerprint density at radius 3 is 2.54 bits per heavy atom. The van der Waals surface area contributed by atoms with Crippen LogP contribution in [0.1, 0.15) is 34.9 Å². The highest BCUT2D eigenvalue weighted by atomic mass is 19.1. The first kappa shape index (κ1) is 21.0. The zero-order valence-electron chi connectivity index (χ0n) is 18.5. The van der Waals surface area contributed by atoms with Gasteiger partial charge in [-0.05, 0) is 55.3 Å². The number of pyridine rings is 3. The largest absolute Gasteiger partial charge is 0.349 e. The summed E-state index contributed by atoms with van der Waals surface area (Å²) >= 11 is 0. The van der Waals surface area contributed by atoms with Crippen molar-refractivity contribution >= 4 is 16.9 Å². The molecule has 0 bridgehead atoms. The van der Waals surface area contributed by atoms with Gasteiger partial charge in [-0.3, -0.25) is 24.3 Å². The van der Waals surface area contributed by atoms with E-state index in [2.05, 4.69) is 30.5 Å². The molecule has 1 N–H and O–H groups in total. The molecule has 4 aromatic heterocycles. The van der Waals surface area contributed by atoms with Crippen LogP contribution in [0.5, 0.6) is 0 Å². The number of nitrogens with zero attached hydrogens (tertiary/aromatic N) is 6. The molecule has 4 heterocycles. The molecule has 0 unspecified atom stereocenters. The normalized spacial score (nSPS) is 17.2. The van der Waals surface area contributed by atoms with Gasteiger partial charge in [-0.25, -0.2) is 4.39 Å². The Bertz CT molecular complexity index is 1520. The number of carbonyl (C=O) groups is 1. The lowest BCUT2D eigenvalue weighted by Gasteiger charge is -2.35. The van der Waals surface area contributed by atoms with Gasteiger partial charge in [0, 0.05) is 30.6 Å². The van der Waals surface area contributed by atoms with Crippen LogP contribution in [0.25, 0.3) is 28.2 Å². The van der Waals surface area contributed by atoms with Crippen molar-refractivity contribution < 1.29 is 9.18 Å². The first-order chi connectivity index (χ1) is 17.2. The number of fused-ring (bicyclic) bond motifs is 1. The van der Waals surface area contributed by atoms with Crippen molar-refractivity contribution in [3.8, 4) is 17.2 Å². The monoisotopic (exact) mass is 465 g/mol. The van der Waals surface area contributed by atoms with E-state index in [0.717, 1.165) is 0 Å². The van der Waals surface area contributed by atoms with Crippen molar-refractivity contribution in [2.24, 2.45) is 0 Å². The first-order valence-corrected chi connectivity index (χ1v) is 11.3. The molecule has 1 aliphatic rings. The maximum atomic E-state index is 14.8. The van der Waals surface area contributed by atoms with Crippen LogP contribution in [0, 0.1) is 5.82 Å². The van der Waals surface area contributed by atoms with Crippen molar-refractivity contribution in [2.75, 3.05) is 0 Å². The van der Waals surface area contributed by atoms with E-state index in [1.807, 2.05) is 24.3 Å². The van der Waals surface area contributed by atoms with Gasteiger partial charge in [-0.2, -0.15) is 0 Å². The standard InChI is InChI=1S/C26H20FN7O/c27-19-6-1-2-9-22(19)34-24(32-33-25(34)21-7-3-4-11-28-21)16-14-17(15-16)31-26(35)18-10-13-29-20-8-5-12-30-23(18)20/h1-13,16-17H,14-15H2,(H,31,35). The molecule has 172 valence electrons. The fourth-order valence-electron chi connectivity index (χ4n) is 4.46. The van der Waals surface area contributed by atoms with Crippen LogP contribution in [-0.4, -0.2) is 41.7 Å². The number of amides is 1. The minimum atomic E-state index is -0.369. The maximum Gasteiger partial charge on any atom is 0.253 e. The van der Waals surface area contributed by atoms with Crippen LogP contribution in [0.4, 0.5) is 4.39 Å². The third kappa shape index (κ3) is 3.80. The molecule has 1 saturated carbocycles. The molecule has 9 heteroatoms. The van der Waals surface area contributed by atoms with Crippen molar-refractivity contribution in [1.82, 2.24) is 35.0 Å². The van der Waals surface area contributed by atoms with Gasteiger partial charge in [0.05, 0.1) is 16.8 Å². The Balaban J connectivity index is 1.26. The van der Waals surface area contributed by atoms with Crippen LogP contribution >= 0.6 is 0 Å². The third-order valence-electron chi connectivity index (χ3n) is 6.25. The van der Waals surface area contributed by atoms with Gasteiger partial charge in [-0.1, -0.05) is 18.2 Å². The number of halogens is 1. The number of aromatic nitrogens is 6. The number of para-hydroxylation sites is 1. The summed E-state index contributed by atoms with van der Waals surface area (Å²) in [5.41, 5.74) is 2.71. The molecule has 0 radical (unpaired) electrons. The molecule has 1 aliphatic carbocycles. The number of benzene rings is 1. The summed E-state index contributed by atoms with van der Waals surface area (Å²) in [7, 11) is 0. The molecule has 35 heavy (non-hydrogen) atoms. The second kappa shape index (κ2) is 8.68. The van der Waals surface area contributed by atoms with Gasteiger partial charge < -0.3 is 5.32 Å². The van der Waals surface area contributed by atoms with Crippen molar-refractivity contribution in [3.63, 3.8) is 0 Å². The second-order valence-corrected chi connectivity index (χ2v) is 8.45. The number of hydrogen-bond donors (Lipinski definition) is 1. The molecular weight excluding hydrogens is 445 g/mol. The highest BCUT2D eigenvalue weighted by Gasteiger charge is 2.36. The quantitative estimate of drug-likeness (QED) is 0.420. The van der Waals surface area contributed by atoms with Gasteiger partial charge in [-0.15, -0.1) is 10.2 Å². The fraction of sp³-hybridized carbons (Fsp3) is 0.154. The Morgan fingerprint density at radius 1 is 0.886 bits per heavy atom. The Labute approximate surface area is 199 Å². The summed E-state index contributed by atoms with van der Waals surface area (Å²) in [5, 5.41) is 11.9. The van der Waals surface area contributed by atoms with E-state index < -0.39 is 0 Å². The van der Waals surface area contributed by atoms with E-state index >= 15 is 0 Å². The number of rotatable bonds is 5. The minimum Gasteiger partial charge on any atom is -0.349 e. The summed E-state index contributed by atoms with van der Waals surface area (Å²) in [5.74, 6) is 0.582. The summed E-state index contributed by atoms with van der Waals surface area (Å²) in [6.07, 6.45) is 6.25. The van der Waals surface area contributed by atoms with Crippen LogP contribution in [-0.2, 0) is 0 Å². The molecular formula is C26H20FN7O. The predicted octanol–water partition coefficient (Wildman–Crippen LogP) is 4.09. The fourth-order valence-corrected chi connectivity index (χ4v) is 4.46. The average molecular weight is 465 g/mol. The molecule has 1 fully saturated rings. The van der Waals surface area contributed by atoms with Gasteiger partial charge in [0.1, 0.15) is 22.9 Å². The summed E-state index contributed by atoms with van der Waals surface area (Å²) < 4.78 is 16.6. The molecule has 0 spiro atoms. The van der Waals surface area contributed by atoms with Crippen LogP contribution in [0.2, 0.25) is 0 Å². The number of nitrogens with one attached hydrogen (secondary N) is 1. The van der Waals surface area contributed by atoms with Gasteiger partial charge >= 0.3 is 0 Å². The summed E-state index contributed by atoms with van der Waals surface area (Å²) in [6, 6.07) is 17.3. The van der Waals surface area contributed by atoms with E-state index in [0.29, 0.717) is 52.5 Å². The van der Waals surface area contributed by atoms with Crippen LogP contribution < -0.4 is 5.32 Å². The Morgan fingerprint density at radius 2 is 1.71 bits per heavy atom. The molecule has 5 aromatic rings. The maximum absolute atomic E-state index is 14.8. The lowest BCUT2D eigenvalue weighted by atomic mass is 9.79. The molecule has 6 rings (SSSR count). The number of carbonyl (C=O) groups excluding carboxylic acids is 1. The molecule has 1 aromatic carbocycles. The van der Waals surface area contributed by atoms with Gasteiger partial charge in [0.2, 0.25) is 0 Å². The topological polar surface area (TPSA) is 98.5 Å². The molecule has 0 saturated heterocycles. The molecule has 1 amide bonds. The zero-order chi connectivity index (χ0) is 23.8. The van der Waals surface area contributed by atoms with Crippen LogP contribution in [0.15, 0.2) is 79.3 Å². The van der Waals surface area contributed by atoms with E-state index in [9.17, 15) is 9.18 Å². The highest BCUT2D eigenvalue weighted by Crippen LogP contribution is 2.39. The third-order valence-corrected chi connectivity index (χ3v) is 6.25. The lowest BCUT2D eigenvalue weighted by Crippen LogP contribution is -2.44. The van der Waals surface area contributed by atoms with E-state index in [4.69, 9.17) is 0 Å². The van der Waals surface area contributed by atoms with Crippen molar-refractivity contribution in [2.45, 2.75) is 24.8 Å². The van der Waals surface area contributed by atoms with E-state index in [1.165, 1.54) is 6.07 Å². The second-order valence-electron chi connectivity index (χ2n) is 8.45. The minimum absolute atomic E-state index is 0.0113. The van der Waals surface area contributed by atoms with Crippen molar-refractivity contribution in [1.29, 1.82) is 0 Å².